The number of halogens is 2. The van der Waals surface area contributed by atoms with Gasteiger partial charge in [-0.1, -0.05) is 35.3 Å². The molecule has 1 aromatic carbocycles. The molecular weight excluding hydrogens is 357 g/mol. The monoisotopic (exact) mass is 371 g/mol. The van der Waals surface area contributed by atoms with Crippen LogP contribution in [0.2, 0.25) is 10.0 Å². The lowest BCUT2D eigenvalue weighted by Gasteiger charge is -2.16. The lowest BCUT2D eigenvalue weighted by atomic mass is 10.1. The van der Waals surface area contributed by atoms with Crippen molar-refractivity contribution < 1.29 is 14.3 Å². The number of ether oxygens (including phenoxy) is 1. The fourth-order valence-corrected chi connectivity index (χ4v) is 3.23. The van der Waals surface area contributed by atoms with E-state index >= 15 is 0 Å². The largest absolute Gasteiger partial charge is 0.455 e. The summed E-state index contributed by atoms with van der Waals surface area (Å²) in [5, 5.41) is 5.61. The van der Waals surface area contributed by atoms with Gasteiger partial charge in [0.2, 0.25) is 0 Å². The maximum absolute atomic E-state index is 11.9. The van der Waals surface area contributed by atoms with Crippen molar-refractivity contribution in [3.8, 4) is 0 Å². The van der Waals surface area contributed by atoms with Crippen LogP contribution in [0.3, 0.4) is 0 Å². The summed E-state index contributed by atoms with van der Waals surface area (Å²) in [6.07, 6.45) is 0.170. The van der Waals surface area contributed by atoms with Crippen LogP contribution in [0.25, 0.3) is 0 Å². The lowest BCUT2D eigenvalue weighted by Crippen LogP contribution is -2.31. The number of hydrogen-bond donors (Lipinski definition) is 1. The molecule has 4 nitrogen and oxygen atoms in total. The van der Waals surface area contributed by atoms with Gasteiger partial charge in [0, 0.05) is 14.9 Å². The molecular formula is C16H15Cl2NO3S. The first-order valence-electron chi connectivity index (χ1n) is 6.88. The van der Waals surface area contributed by atoms with E-state index in [0.29, 0.717) is 10.0 Å². The van der Waals surface area contributed by atoms with E-state index in [9.17, 15) is 9.59 Å². The highest BCUT2D eigenvalue weighted by Gasteiger charge is 2.14. The molecule has 0 aliphatic heterocycles. The lowest BCUT2D eigenvalue weighted by molar-refractivity contribution is -0.148. The van der Waals surface area contributed by atoms with Gasteiger partial charge in [0.25, 0.3) is 5.91 Å². The Labute approximate surface area is 148 Å². The molecule has 0 aliphatic carbocycles. The van der Waals surface area contributed by atoms with Crippen molar-refractivity contribution in [2.45, 2.75) is 19.4 Å². The molecule has 0 aliphatic rings. The Hall–Kier alpha value is -1.56. The van der Waals surface area contributed by atoms with Crippen molar-refractivity contribution >= 4 is 46.4 Å². The molecule has 2 aromatic rings. The van der Waals surface area contributed by atoms with Gasteiger partial charge < -0.3 is 10.1 Å². The summed E-state index contributed by atoms with van der Waals surface area (Å²) >= 11 is 13.4. The third-order valence-electron chi connectivity index (χ3n) is 3.07. The van der Waals surface area contributed by atoms with Gasteiger partial charge in [-0.2, -0.15) is 0 Å². The molecule has 0 saturated heterocycles. The van der Waals surface area contributed by atoms with Crippen molar-refractivity contribution in [1.82, 2.24) is 5.32 Å². The predicted octanol–water partition coefficient (Wildman–Crippen LogP) is 4.02. The Bertz CT molecular complexity index is 689. The van der Waals surface area contributed by atoms with Gasteiger partial charge in [-0.15, -0.1) is 11.3 Å². The zero-order chi connectivity index (χ0) is 16.8. The molecule has 23 heavy (non-hydrogen) atoms. The highest BCUT2D eigenvalue weighted by Crippen LogP contribution is 2.25. The summed E-state index contributed by atoms with van der Waals surface area (Å²) in [5.41, 5.74) is 0.745. The molecule has 1 atom stereocenters. The minimum absolute atomic E-state index is 0.170. The number of esters is 1. The van der Waals surface area contributed by atoms with Gasteiger partial charge >= 0.3 is 5.97 Å². The van der Waals surface area contributed by atoms with Gasteiger partial charge in [-0.05, 0) is 36.1 Å². The summed E-state index contributed by atoms with van der Waals surface area (Å²) in [7, 11) is 0. The highest BCUT2D eigenvalue weighted by molar-refractivity contribution is 7.10. The van der Waals surface area contributed by atoms with E-state index in [0.717, 1.165) is 10.4 Å². The summed E-state index contributed by atoms with van der Waals surface area (Å²) < 4.78 is 4.96. The van der Waals surface area contributed by atoms with Crippen LogP contribution in [0.5, 0.6) is 0 Å². The third-order valence-corrected chi connectivity index (χ3v) is 4.51. The molecule has 122 valence electrons. The van der Waals surface area contributed by atoms with Crippen LogP contribution in [0.1, 0.15) is 23.4 Å². The number of thiophene rings is 1. The van der Waals surface area contributed by atoms with Crippen LogP contribution in [-0.2, 0) is 20.7 Å². The SMILES string of the molecule is C[C@H](NC(=O)COC(=O)Cc1cccs1)c1ccc(Cl)cc1Cl. The maximum atomic E-state index is 11.9. The molecule has 0 fully saturated rings. The Morgan fingerprint density at radius 2 is 2.09 bits per heavy atom. The van der Waals surface area contributed by atoms with E-state index < -0.39 is 5.97 Å². The smallest absolute Gasteiger partial charge is 0.311 e. The van der Waals surface area contributed by atoms with Crippen LogP contribution in [-0.4, -0.2) is 18.5 Å². The second kappa shape index (κ2) is 8.34. The molecule has 1 amide bonds. The predicted molar refractivity (Wildman–Crippen MR) is 92.0 cm³/mol. The van der Waals surface area contributed by atoms with Crippen LogP contribution in [0.4, 0.5) is 0 Å². The van der Waals surface area contributed by atoms with Crippen LogP contribution in [0, 0.1) is 0 Å². The first-order valence-corrected chi connectivity index (χ1v) is 8.51. The Kier molecular flexibility index (Phi) is 6.45. The minimum Gasteiger partial charge on any atom is -0.455 e. The standard InChI is InChI=1S/C16H15Cl2NO3S/c1-10(13-5-4-11(17)7-14(13)18)19-15(20)9-22-16(21)8-12-3-2-6-23-12/h2-7,10H,8-9H2,1H3,(H,19,20)/t10-/m0/s1. The average Bonchev–Trinajstić information content (AvgIpc) is 2.97. The summed E-state index contributed by atoms with van der Waals surface area (Å²) in [5.74, 6) is -0.817. The van der Waals surface area contributed by atoms with E-state index in [1.165, 1.54) is 11.3 Å². The number of benzene rings is 1. The Morgan fingerprint density at radius 3 is 2.74 bits per heavy atom. The summed E-state index contributed by atoms with van der Waals surface area (Å²) in [6.45, 7) is 1.47. The van der Waals surface area contributed by atoms with Crippen molar-refractivity contribution in [2.24, 2.45) is 0 Å². The second-order valence-electron chi connectivity index (χ2n) is 4.87. The minimum atomic E-state index is -0.431. The number of amides is 1. The molecule has 0 radical (unpaired) electrons. The molecule has 1 N–H and O–H groups in total. The maximum Gasteiger partial charge on any atom is 0.311 e. The molecule has 0 saturated carbocycles. The van der Waals surface area contributed by atoms with Gasteiger partial charge in [-0.25, -0.2) is 0 Å². The molecule has 1 heterocycles. The molecule has 0 spiro atoms. The van der Waals surface area contributed by atoms with Gasteiger partial charge in [0.05, 0.1) is 12.5 Å². The number of hydrogen-bond acceptors (Lipinski definition) is 4. The topological polar surface area (TPSA) is 55.4 Å². The summed E-state index contributed by atoms with van der Waals surface area (Å²) in [6, 6.07) is 8.45. The van der Waals surface area contributed by atoms with Gasteiger partial charge in [-0.3, -0.25) is 9.59 Å². The fraction of sp³-hybridized carbons (Fsp3) is 0.250. The second-order valence-corrected chi connectivity index (χ2v) is 6.75. The van der Waals surface area contributed by atoms with E-state index in [-0.39, 0.29) is 25.0 Å². The number of rotatable bonds is 6. The first kappa shape index (κ1) is 17.8. The van der Waals surface area contributed by atoms with Crippen molar-refractivity contribution in [2.75, 3.05) is 6.61 Å². The Balaban J connectivity index is 1.81. The third kappa shape index (κ3) is 5.53. The number of nitrogens with one attached hydrogen (secondary N) is 1. The summed E-state index contributed by atoms with van der Waals surface area (Å²) in [4.78, 5) is 24.4. The van der Waals surface area contributed by atoms with E-state index in [2.05, 4.69) is 5.32 Å². The van der Waals surface area contributed by atoms with Gasteiger partial charge in [0.1, 0.15) is 0 Å². The molecule has 1 aromatic heterocycles. The highest BCUT2D eigenvalue weighted by atomic mass is 35.5. The van der Waals surface area contributed by atoms with Crippen molar-refractivity contribution in [3.63, 3.8) is 0 Å². The zero-order valence-electron chi connectivity index (χ0n) is 12.3. The van der Waals surface area contributed by atoms with Crippen LogP contribution >= 0.6 is 34.5 Å². The quantitative estimate of drug-likeness (QED) is 0.780. The van der Waals surface area contributed by atoms with Crippen LogP contribution < -0.4 is 5.32 Å². The fourth-order valence-electron chi connectivity index (χ4n) is 1.97. The van der Waals surface area contributed by atoms with Crippen molar-refractivity contribution in [1.29, 1.82) is 0 Å². The van der Waals surface area contributed by atoms with Crippen molar-refractivity contribution in [3.05, 3.63) is 56.2 Å². The van der Waals surface area contributed by atoms with Gasteiger partial charge in [0.15, 0.2) is 6.61 Å². The van der Waals surface area contributed by atoms with Crippen LogP contribution in [0.15, 0.2) is 35.7 Å². The number of carbonyl (C=O) groups excluding carboxylic acids is 2. The Morgan fingerprint density at radius 1 is 1.30 bits per heavy atom. The first-order chi connectivity index (χ1) is 11.0. The van der Waals surface area contributed by atoms with E-state index in [4.69, 9.17) is 27.9 Å². The zero-order valence-corrected chi connectivity index (χ0v) is 14.7. The molecule has 7 heteroatoms. The molecule has 0 unspecified atom stereocenters. The van der Waals surface area contributed by atoms with E-state index in [1.807, 2.05) is 17.5 Å². The normalized spacial score (nSPS) is 11.8. The molecule has 0 bridgehead atoms. The average molecular weight is 372 g/mol. The molecule has 2 rings (SSSR count). The number of carbonyl (C=O) groups is 2. The van der Waals surface area contributed by atoms with E-state index in [1.54, 1.807) is 25.1 Å².